The SMILES string of the molecule is Cc1ccc2onc(CNC(=O)N3CCN(c4ccccc4F)CC3)c2c1. The number of rotatable bonds is 3. The summed E-state index contributed by atoms with van der Waals surface area (Å²) >= 11 is 0. The summed E-state index contributed by atoms with van der Waals surface area (Å²) in [7, 11) is 0. The zero-order chi connectivity index (χ0) is 18.8. The molecule has 1 aliphatic rings. The van der Waals surface area contributed by atoms with Crippen LogP contribution in [0.4, 0.5) is 14.9 Å². The zero-order valence-electron chi connectivity index (χ0n) is 15.1. The minimum Gasteiger partial charge on any atom is -0.366 e. The number of urea groups is 1. The first-order valence-electron chi connectivity index (χ1n) is 8.99. The summed E-state index contributed by atoms with van der Waals surface area (Å²) in [5.74, 6) is -0.233. The van der Waals surface area contributed by atoms with Crippen molar-refractivity contribution in [3.63, 3.8) is 0 Å². The largest absolute Gasteiger partial charge is 0.366 e. The van der Waals surface area contributed by atoms with Crippen molar-refractivity contribution in [3.05, 3.63) is 59.5 Å². The molecule has 1 fully saturated rings. The van der Waals surface area contributed by atoms with E-state index < -0.39 is 0 Å². The number of hydrogen-bond acceptors (Lipinski definition) is 4. The highest BCUT2D eigenvalue weighted by atomic mass is 19.1. The number of amides is 2. The summed E-state index contributed by atoms with van der Waals surface area (Å²) in [6.45, 7) is 4.59. The molecule has 2 aromatic carbocycles. The molecule has 2 amide bonds. The van der Waals surface area contributed by atoms with Gasteiger partial charge in [-0.3, -0.25) is 0 Å². The number of piperazine rings is 1. The Morgan fingerprint density at radius 1 is 1.19 bits per heavy atom. The fourth-order valence-electron chi connectivity index (χ4n) is 3.36. The average Bonchev–Trinajstić information content (AvgIpc) is 3.09. The summed E-state index contributed by atoms with van der Waals surface area (Å²) in [6.07, 6.45) is 0. The van der Waals surface area contributed by atoms with Crippen molar-refractivity contribution < 1.29 is 13.7 Å². The molecule has 1 N–H and O–H groups in total. The second-order valence-corrected chi connectivity index (χ2v) is 6.71. The van der Waals surface area contributed by atoms with E-state index in [0.29, 0.717) is 49.7 Å². The molecule has 0 radical (unpaired) electrons. The molecule has 0 unspecified atom stereocenters. The maximum absolute atomic E-state index is 13.9. The van der Waals surface area contributed by atoms with Crippen molar-refractivity contribution in [1.29, 1.82) is 0 Å². The molecule has 27 heavy (non-hydrogen) atoms. The van der Waals surface area contributed by atoms with E-state index in [-0.39, 0.29) is 11.8 Å². The zero-order valence-corrected chi connectivity index (χ0v) is 15.1. The second kappa shape index (κ2) is 7.26. The van der Waals surface area contributed by atoms with Gasteiger partial charge in [0.15, 0.2) is 5.58 Å². The van der Waals surface area contributed by atoms with Crippen molar-refractivity contribution in [3.8, 4) is 0 Å². The monoisotopic (exact) mass is 368 g/mol. The van der Waals surface area contributed by atoms with Crippen LogP contribution in [0.3, 0.4) is 0 Å². The molecule has 3 aromatic rings. The topological polar surface area (TPSA) is 61.6 Å². The van der Waals surface area contributed by atoms with Crippen molar-refractivity contribution in [2.24, 2.45) is 0 Å². The molecule has 0 saturated carbocycles. The number of para-hydroxylation sites is 1. The molecule has 0 spiro atoms. The van der Waals surface area contributed by atoms with Gasteiger partial charge >= 0.3 is 6.03 Å². The molecule has 1 aliphatic heterocycles. The van der Waals surface area contributed by atoms with Gasteiger partial charge in [-0.25, -0.2) is 9.18 Å². The van der Waals surface area contributed by atoms with Gasteiger partial charge in [0.2, 0.25) is 0 Å². The molecule has 140 valence electrons. The lowest BCUT2D eigenvalue weighted by molar-refractivity contribution is 0.193. The normalized spacial score (nSPS) is 14.6. The van der Waals surface area contributed by atoms with Crippen molar-refractivity contribution in [1.82, 2.24) is 15.4 Å². The average molecular weight is 368 g/mol. The Hall–Kier alpha value is -3.09. The number of benzene rings is 2. The number of anilines is 1. The molecular formula is C20H21FN4O2. The van der Waals surface area contributed by atoms with E-state index in [0.717, 1.165) is 10.9 Å². The minimum atomic E-state index is -0.233. The number of carbonyl (C=O) groups excluding carboxylic acids is 1. The fraction of sp³-hybridized carbons (Fsp3) is 0.300. The molecule has 0 aliphatic carbocycles. The van der Waals surface area contributed by atoms with Crippen LogP contribution in [-0.4, -0.2) is 42.3 Å². The Bertz CT molecular complexity index is 964. The predicted octanol–water partition coefficient (Wildman–Crippen LogP) is 3.31. The summed E-state index contributed by atoms with van der Waals surface area (Å²) in [6, 6.07) is 12.4. The lowest BCUT2D eigenvalue weighted by Gasteiger charge is -2.36. The van der Waals surface area contributed by atoms with Crippen molar-refractivity contribution in [2.75, 3.05) is 31.1 Å². The number of fused-ring (bicyclic) bond motifs is 1. The minimum absolute atomic E-state index is 0.146. The Balaban J connectivity index is 1.34. The third kappa shape index (κ3) is 3.58. The van der Waals surface area contributed by atoms with Gasteiger partial charge in [0.05, 0.1) is 12.2 Å². The summed E-state index contributed by atoms with van der Waals surface area (Å²) in [5.41, 5.74) is 3.12. The summed E-state index contributed by atoms with van der Waals surface area (Å²) in [4.78, 5) is 16.2. The Kier molecular flexibility index (Phi) is 4.66. The van der Waals surface area contributed by atoms with Crippen LogP contribution in [0, 0.1) is 12.7 Å². The van der Waals surface area contributed by atoms with Gasteiger partial charge in [-0.2, -0.15) is 0 Å². The van der Waals surface area contributed by atoms with Gasteiger partial charge in [-0.1, -0.05) is 28.9 Å². The number of halogens is 1. The third-order valence-corrected chi connectivity index (χ3v) is 4.87. The van der Waals surface area contributed by atoms with E-state index in [1.54, 1.807) is 17.0 Å². The van der Waals surface area contributed by atoms with E-state index in [1.807, 2.05) is 36.1 Å². The number of carbonyl (C=O) groups is 1. The maximum Gasteiger partial charge on any atom is 0.317 e. The van der Waals surface area contributed by atoms with Crippen LogP contribution in [0.5, 0.6) is 0 Å². The molecular weight excluding hydrogens is 347 g/mol. The van der Waals surface area contributed by atoms with E-state index in [9.17, 15) is 9.18 Å². The highest BCUT2D eigenvalue weighted by Gasteiger charge is 2.23. The van der Waals surface area contributed by atoms with Crippen LogP contribution in [0.15, 0.2) is 47.0 Å². The van der Waals surface area contributed by atoms with Crippen LogP contribution >= 0.6 is 0 Å². The number of aromatic nitrogens is 1. The van der Waals surface area contributed by atoms with Crippen LogP contribution in [0.1, 0.15) is 11.3 Å². The van der Waals surface area contributed by atoms with E-state index in [4.69, 9.17) is 4.52 Å². The smallest absolute Gasteiger partial charge is 0.317 e. The molecule has 2 heterocycles. The van der Waals surface area contributed by atoms with Crippen molar-refractivity contribution in [2.45, 2.75) is 13.5 Å². The number of nitrogens with zero attached hydrogens (tertiary/aromatic N) is 3. The van der Waals surface area contributed by atoms with Gasteiger partial charge in [0.1, 0.15) is 11.5 Å². The number of hydrogen-bond donors (Lipinski definition) is 1. The van der Waals surface area contributed by atoms with Crippen LogP contribution < -0.4 is 10.2 Å². The Labute approximate surface area is 156 Å². The first-order chi connectivity index (χ1) is 13.1. The van der Waals surface area contributed by atoms with E-state index >= 15 is 0 Å². The molecule has 4 rings (SSSR count). The van der Waals surface area contributed by atoms with Gasteiger partial charge in [-0.15, -0.1) is 0 Å². The molecule has 0 bridgehead atoms. The van der Waals surface area contributed by atoms with Gasteiger partial charge in [0, 0.05) is 31.6 Å². The standard InChI is InChI=1S/C20H21FN4O2/c1-14-6-7-19-15(12-14)17(23-27-19)13-22-20(26)25-10-8-24(9-11-25)18-5-3-2-4-16(18)21/h2-7,12H,8-11,13H2,1H3,(H,22,26). The lowest BCUT2D eigenvalue weighted by atomic mass is 10.1. The molecule has 6 nitrogen and oxygen atoms in total. The molecule has 1 aromatic heterocycles. The van der Waals surface area contributed by atoms with Crippen LogP contribution in [0.25, 0.3) is 11.0 Å². The highest BCUT2D eigenvalue weighted by molar-refractivity contribution is 5.81. The van der Waals surface area contributed by atoms with E-state index in [1.165, 1.54) is 6.07 Å². The number of nitrogens with one attached hydrogen (secondary N) is 1. The molecule has 0 atom stereocenters. The summed E-state index contributed by atoms with van der Waals surface area (Å²) < 4.78 is 19.2. The fourth-order valence-corrected chi connectivity index (χ4v) is 3.36. The Morgan fingerprint density at radius 3 is 2.74 bits per heavy atom. The van der Waals surface area contributed by atoms with E-state index in [2.05, 4.69) is 10.5 Å². The first-order valence-corrected chi connectivity index (χ1v) is 8.99. The van der Waals surface area contributed by atoms with Gasteiger partial charge in [0.25, 0.3) is 0 Å². The van der Waals surface area contributed by atoms with Gasteiger partial charge < -0.3 is 19.6 Å². The predicted molar refractivity (Wildman–Crippen MR) is 101 cm³/mol. The molecule has 1 saturated heterocycles. The highest BCUT2D eigenvalue weighted by Crippen LogP contribution is 2.21. The summed E-state index contributed by atoms with van der Waals surface area (Å²) in [5, 5.41) is 7.88. The van der Waals surface area contributed by atoms with Crippen molar-refractivity contribution >= 4 is 22.7 Å². The van der Waals surface area contributed by atoms with Crippen LogP contribution in [0.2, 0.25) is 0 Å². The first kappa shape index (κ1) is 17.3. The van der Waals surface area contributed by atoms with Crippen LogP contribution in [-0.2, 0) is 6.54 Å². The maximum atomic E-state index is 13.9. The Morgan fingerprint density at radius 2 is 1.96 bits per heavy atom. The lowest BCUT2D eigenvalue weighted by Crippen LogP contribution is -2.51. The quantitative estimate of drug-likeness (QED) is 0.771. The molecule has 7 heteroatoms. The van der Waals surface area contributed by atoms with Gasteiger partial charge in [-0.05, 0) is 31.2 Å². The number of aryl methyl sites for hydroxylation is 1. The second-order valence-electron chi connectivity index (χ2n) is 6.71. The third-order valence-electron chi connectivity index (χ3n) is 4.87.